The average molecular weight is 471 g/mol. The van der Waals surface area contributed by atoms with Gasteiger partial charge in [0.2, 0.25) is 0 Å². The van der Waals surface area contributed by atoms with Crippen molar-refractivity contribution in [1.82, 2.24) is 14.9 Å². The Balaban J connectivity index is 1.34. The average Bonchev–Trinajstić information content (AvgIpc) is 2.84. The van der Waals surface area contributed by atoms with Crippen molar-refractivity contribution in [3.8, 4) is 11.5 Å². The van der Waals surface area contributed by atoms with Gasteiger partial charge in [-0.15, -0.1) is 0 Å². The fourth-order valence-corrected chi connectivity index (χ4v) is 4.34. The smallest absolute Gasteiger partial charge is 0.163 e. The van der Waals surface area contributed by atoms with E-state index in [1.807, 2.05) is 37.3 Å². The quantitative estimate of drug-likeness (QED) is 0.582. The van der Waals surface area contributed by atoms with Crippen molar-refractivity contribution in [2.24, 2.45) is 0 Å². The van der Waals surface area contributed by atoms with Crippen molar-refractivity contribution in [2.75, 3.05) is 51.9 Å². The maximum Gasteiger partial charge on any atom is 0.163 e. The summed E-state index contributed by atoms with van der Waals surface area (Å²) < 4.78 is 23.3. The second-order valence-electron chi connectivity index (χ2n) is 8.32. The van der Waals surface area contributed by atoms with Gasteiger partial charge in [0.15, 0.2) is 11.5 Å². The standard InChI is InChI=1S/C24H27ClN4O4/c1-15-7-16(3-4-20(15)25)28-24-19-8-22(30-2)23(9-21(19)26-14-27-24)33-13-18-10-29-5-6-31-11-17(29)12-32-18/h3-4,7-9,14,17-18H,5-6,10-13H2,1-2H3,(H,26,27,28)/t17-,18+/m0/s1. The largest absolute Gasteiger partial charge is 0.493 e. The SMILES string of the molecule is COc1cc2c(Nc3ccc(Cl)c(C)c3)ncnc2cc1OC[C@H]1CN2CCOC[C@H]2CO1. The molecule has 3 aromatic rings. The first-order valence-electron chi connectivity index (χ1n) is 11.0. The molecule has 0 bridgehead atoms. The second kappa shape index (κ2) is 9.69. The van der Waals surface area contributed by atoms with E-state index in [0.29, 0.717) is 36.6 Å². The zero-order valence-corrected chi connectivity index (χ0v) is 19.5. The monoisotopic (exact) mass is 470 g/mol. The van der Waals surface area contributed by atoms with Crippen LogP contribution in [0.1, 0.15) is 5.56 Å². The topological polar surface area (TPSA) is 78.0 Å². The van der Waals surface area contributed by atoms with Gasteiger partial charge in [0.05, 0.1) is 38.5 Å². The summed E-state index contributed by atoms with van der Waals surface area (Å²) >= 11 is 6.15. The lowest BCUT2D eigenvalue weighted by Gasteiger charge is -2.41. The van der Waals surface area contributed by atoms with E-state index >= 15 is 0 Å². The molecule has 33 heavy (non-hydrogen) atoms. The molecule has 2 saturated heterocycles. The number of hydrogen-bond acceptors (Lipinski definition) is 8. The van der Waals surface area contributed by atoms with Gasteiger partial charge in [0, 0.05) is 35.3 Å². The van der Waals surface area contributed by atoms with E-state index in [9.17, 15) is 0 Å². The number of nitrogens with one attached hydrogen (secondary N) is 1. The third-order valence-corrected chi connectivity index (χ3v) is 6.50. The van der Waals surface area contributed by atoms with Gasteiger partial charge >= 0.3 is 0 Å². The third kappa shape index (κ3) is 4.84. The van der Waals surface area contributed by atoms with Gasteiger partial charge in [-0.05, 0) is 36.8 Å². The third-order valence-electron chi connectivity index (χ3n) is 6.08. The molecule has 0 saturated carbocycles. The molecule has 2 aliphatic heterocycles. The van der Waals surface area contributed by atoms with E-state index in [-0.39, 0.29) is 6.10 Å². The zero-order chi connectivity index (χ0) is 22.8. The van der Waals surface area contributed by atoms with Gasteiger partial charge in [-0.3, -0.25) is 4.90 Å². The van der Waals surface area contributed by atoms with Crippen LogP contribution in [-0.2, 0) is 9.47 Å². The number of fused-ring (bicyclic) bond motifs is 2. The highest BCUT2D eigenvalue weighted by molar-refractivity contribution is 6.31. The molecular weight excluding hydrogens is 444 g/mol. The first-order chi connectivity index (χ1) is 16.1. The molecule has 0 amide bonds. The number of aromatic nitrogens is 2. The molecular formula is C24H27ClN4O4. The normalized spacial score (nSPS) is 20.9. The summed E-state index contributed by atoms with van der Waals surface area (Å²) in [6, 6.07) is 9.89. The molecule has 2 atom stereocenters. The van der Waals surface area contributed by atoms with Gasteiger partial charge < -0.3 is 24.3 Å². The molecule has 5 rings (SSSR count). The fourth-order valence-electron chi connectivity index (χ4n) is 4.22. The summed E-state index contributed by atoms with van der Waals surface area (Å²) in [5, 5.41) is 4.91. The minimum Gasteiger partial charge on any atom is -0.493 e. The Hall–Kier alpha value is -2.65. The number of rotatable bonds is 6. The van der Waals surface area contributed by atoms with Crippen LogP contribution in [0.4, 0.5) is 11.5 Å². The highest BCUT2D eigenvalue weighted by Crippen LogP contribution is 2.35. The van der Waals surface area contributed by atoms with Crippen LogP contribution >= 0.6 is 11.6 Å². The molecule has 2 aromatic carbocycles. The molecule has 0 radical (unpaired) electrons. The lowest BCUT2D eigenvalue weighted by atomic mass is 10.1. The fraction of sp³-hybridized carbons (Fsp3) is 0.417. The molecule has 3 heterocycles. The molecule has 0 spiro atoms. The number of anilines is 2. The van der Waals surface area contributed by atoms with Gasteiger partial charge in [0.25, 0.3) is 0 Å². The number of hydrogen-bond donors (Lipinski definition) is 1. The van der Waals surface area contributed by atoms with Gasteiger partial charge in [-0.1, -0.05) is 11.6 Å². The van der Waals surface area contributed by atoms with Crippen LogP contribution in [0, 0.1) is 6.92 Å². The van der Waals surface area contributed by atoms with E-state index in [1.165, 1.54) is 6.33 Å². The second-order valence-corrected chi connectivity index (χ2v) is 8.73. The Kier molecular flexibility index (Phi) is 6.50. The Labute approximate surface area is 197 Å². The molecule has 1 N–H and O–H groups in total. The molecule has 0 aliphatic carbocycles. The summed E-state index contributed by atoms with van der Waals surface area (Å²) in [4.78, 5) is 11.3. The lowest BCUT2D eigenvalue weighted by Crippen LogP contribution is -2.56. The summed E-state index contributed by atoms with van der Waals surface area (Å²) in [7, 11) is 1.63. The van der Waals surface area contributed by atoms with Crippen molar-refractivity contribution >= 4 is 34.0 Å². The maximum absolute atomic E-state index is 6.15. The minimum atomic E-state index is -0.00414. The summed E-state index contributed by atoms with van der Waals surface area (Å²) in [5.74, 6) is 1.93. The van der Waals surface area contributed by atoms with Gasteiger partial charge in [-0.2, -0.15) is 0 Å². The number of aryl methyl sites for hydroxylation is 1. The maximum atomic E-state index is 6.15. The molecule has 174 valence electrons. The van der Waals surface area contributed by atoms with E-state index in [2.05, 4.69) is 20.2 Å². The molecule has 2 aliphatic rings. The molecule has 8 nitrogen and oxygen atoms in total. The Morgan fingerprint density at radius 3 is 2.94 bits per heavy atom. The van der Waals surface area contributed by atoms with Gasteiger partial charge in [0.1, 0.15) is 24.9 Å². The molecule has 0 unspecified atom stereocenters. The van der Waals surface area contributed by atoms with Crippen LogP contribution in [0.15, 0.2) is 36.7 Å². The summed E-state index contributed by atoms with van der Waals surface area (Å²) in [5.41, 5.74) is 2.64. The Morgan fingerprint density at radius 2 is 2.09 bits per heavy atom. The Morgan fingerprint density at radius 1 is 1.18 bits per heavy atom. The van der Waals surface area contributed by atoms with E-state index < -0.39 is 0 Å². The number of benzene rings is 2. The van der Waals surface area contributed by atoms with Crippen LogP contribution in [0.2, 0.25) is 5.02 Å². The Bertz CT molecular complexity index is 1140. The predicted octanol–water partition coefficient (Wildman–Crippen LogP) is 3.82. The number of methoxy groups -OCH3 is 1. The van der Waals surface area contributed by atoms with Crippen LogP contribution in [0.5, 0.6) is 11.5 Å². The zero-order valence-electron chi connectivity index (χ0n) is 18.7. The van der Waals surface area contributed by atoms with Crippen LogP contribution in [-0.4, -0.2) is 73.6 Å². The highest BCUT2D eigenvalue weighted by Gasteiger charge is 2.31. The molecule has 2 fully saturated rings. The highest BCUT2D eigenvalue weighted by atomic mass is 35.5. The summed E-state index contributed by atoms with van der Waals surface area (Å²) in [6.07, 6.45) is 1.53. The summed E-state index contributed by atoms with van der Waals surface area (Å²) in [6.45, 7) is 6.34. The van der Waals surface area contributed by atoms with Crippen molar-refractivity contribution in [3.63, 3.8) is 0 Å². The van der Waals surface area contributed by atoms with Crippen molar-refractivity contribution < 1.29 is 18.9 Å². The predicted molar refractivity (Wildman–Crippen MR) is 127 cm³/mol. The first-order valence-corrected chi connectivity index (χ1v) is 11.4. The van der Waals surface area contributed by atoms with Crippen molar-refractivity contribution in [2.45, 2.75) is 19.1 Å². The number of nitrogens with zero attached hydrogens (tertiary/aromatic N) is 3. The van der Waals surface area contributed by atoms with Crippen LogP contribution in [0.25, 0.3) is 10.9 Å². The number of morpholine rings is 2. The number of halogens is 1. The van der Waals surface area contributed by atoms with E-state index in [1.54, 1.807) is 7.11 Å². The molecule has 9 heteroatoms. The van der Waals surface area contributed by atoms with Crippen molar-refractivity contribution in [1.29, 1.82) is 0 Å². The number of ether oxygens (including phenoxy) is 4. The van der Waals surface area contributed by atoms with E-state index in [4.69, 9.17) is 30.5 Å². The van der Waals surface area contributed by atoms with Crippen LogP contribution < -0.4 is 14.8 Å². The first kappa shape index (κ1) is 22.2. The van der Waals surface area contributed by atoms with Gasteiger partial charge in [-0.25, -0.2) is 9.97 Å². The minimum absolute atomic E-state index is 0.00414. The van der Waals surface area contributed by atoms with Crippen molar-refractivity contribution in [3.05, 3.63) is 47.2 Å². The lowest BCUT2D eigenvalue weighted by molar-refractivity contribution is -0.124. The molecule has 1 aromatic heterocycles. The van der Waals surface area contributed by atoms with Crippen LogP contribution in [0.3, 0.4) is 0 Å². The van der Waals surface area contributed by atoms with E-state index in [0.717, 1.165) is 53.5 Å².